The minimum atomic E-state index is -0.158. The Morgan fingerprint density at radius 3 is 2.66 bits per heavy atom. The number of fused-ring (bicyclic) bond motifs is 1. The third-order valence-corrected chi connectivity index (χ3v) is 4.51. The van der Waals surface area contributed by atoms with Crippen LogP contribution in [-0.2, 0) is 0 Å². The fourth-order valence-electron chi connectivity index (χ4n) is 3.23. The van der Waals surface area contributed by atoms with Crippen molar-refractivity contribution in [3.05, 3.63) is 65.4 Å². The zero-order valence-corrected chi connectivity index (χ0v) is 16.5. The second kappa shape index (κ2) is 7.70. The number of carbonyl (C=O) groups excluding carboxylic acids is 1. The Labute approximate surface area is 167 Å². The van der Waals surface area contributed by atoms with E-state index in [1.807, 2.05) is 63.4 Å². The summed E-state index contributed by atoms with van der Waals surface area (Å²) in [7, 11) is 0. The Morgan fingerprint density at radius 2 is 1.93 bits per heavy atom. The van der Waals surface area contributed by atoms with Crippen LogP contribution in [0.3, 0.4) is 0 Å². The monoisotopic (exact) mass is 390 g/mol. The van der Waals surface area contributed by atoms with Crippen molar-refractivity contribution in [2.75, 3.05) is 18.4 Å². The first-order valence-electron chi connectivity index (χ1n) is 9.36. The van der Waals surface area contributed by atoms with E-state index in [4.69, 9.17) is 0 Å². The van der Waals surface area contributed by atoms with E-state index in [0.717, 1.165) is 17.0 Å². The van der Waals surface area contributed by atoms with Crippen molar-refractivity contribution in [1.29, 1.82) is 0 Å². The van der Waals surface area contributed by atoms with Gasteiger partial charge in [0.15, 0.2) is 5.82 Å². The number of pyridine rings is 1. The fourth-order valence-corrected chi connectivity index (χ4v) is 3.23. The molecular formula is C20H22N8O. The number of aromatic nitrogens is 6. The van der Waals surface area contributed by atoms with E-state index in [2.05, 4.69) is 30.9 Å². The average molecular weight is 390 g/mol. The van der Waals surface area contributed by atoms with Crippen LogP contribution in [0.2, 0.25) is 0 Å². The van der Waals surface area contributed by atoms with E-state index in [1.54, 1.807) is 9.08 Å². The number of hydrogen-bond acceptors (Lipinski definition) is 6. The van der Waals surface area contributed by atoms with E-state index < -0.39 is 0 Å². The van der Waals surface area contributed by atoms with E-state index in [9.17, 15) is 4.79 Å². The summed E-state index contributed by atoms with van der Waals surface area (Å²) in [4.78, 5) is 17.0. The molecule has 4 aromatic rings. The van der Waals surface area contributed by atoms with Gasteiger partial charge < -0.3 is 10.6 Å². The second-order valence-corrected chi connectivity index (χ2v) is 6.77. The molecule has 0 saturated carbocycles. The molecule has 0 atom stereocenters. The Morgan fingerprint density at radius 1 is 1.07 bits per heavy atom. The maximum absolute atomic E-state index is 12.5. The first kappa shape index (κ1) is 18.6. The molecule has 29 heavy (non-hydrogen) atoms. The summed E-state index contributed by atoms with van der Waals surface area (Å²) < 4.78 is 3.55. The van der Waals surface area contributed by atoms with Crippen LogP contribution in [0.25, 0.3) is 11.5 Å². The summed E-state index contributed by atoms with van der Waals surface area (Å²) in [6, 6.07) is 11.3. The molecule has 0 bridgehead atoms. The van der Waals surface area contributed by atoms with E-state index in [0.29, 0.717) is 36.1 Å². The average Bonchev–Trinajstić information content (AvgIpc) is 3.23. The molecule has 0 aliphatic carbocycles. The Hall–Kier alpha value is -3.75. The number of aryl methyl sites for hydroxylation is 3. The molecule has 4 heterocycles. The number of nitrogens with one attached hydrogen (secondary N) is 2. The number of nitrogens with zero attached hydrogens (tertiary/aromatic N) is 6. The molecule has 1 amide bonds. The highest BCUT2D eigenvalue weighted by molar-refractivity contribution is 5.94. The van der Waals surface area contributed by atoms with Gasteiger partial charge in [-0.15, -0.1) is 10.2 Å². The Kier molecular flexibility index (Phi) is 4.94. The molecule has 0 unspecified atom stereocenters. The summed E-state index contributed by atoms with van der Waals surface area (Å²) in [5.74, 6) is 1.14. The number of imidazole rings is 1. The smallest absolute Gasteiger partial charge is 0.270 e. The van der Waals surface area contributed by atoms with Crippen molar-refractivity contribution in [1.82, 2.24) is 34.7 Å². The lowest BCUT2D eigenvalue weighted by Crippen LogP contribution is -2.30. The summed E-state index contributed by atoms with van der Waals surface area (Å²) in [5, 5.41) is 18.9. The van der Waals surface area contributed by atoms with Crippen LogP contribution < -0.4 is 10.6 Å². The molecule has 2 N–H and O–H groups in total. The molecule has 9 heteroatoms. The lowest BCUT2D eigenvalue weighted by atomic mass is 10.3. The van der Waals surface area contributed by atoms with E-state index in [1.165, 1.54) is 0 Å². The highest BCUT2D eigenvalue weighted by Crippen LogP contribution is 2.12. The molecule has 148 valence electrons. The van der Waals surface area contributed by atoms with E-state index in [-0.39, 0.29) is 5.91 Å². The van der Waals surface area contributed by atoms with Gasteiger partial charge in [-0.05, 0) is 51.1 Å². The lowest BCUT2D eigenvalue weighted by Gasteiger charge is -2.08. The maximum atomic E-state index is 12.5. The third kappa shape index (κ3) is 3.79. The molecule has 0 aliphatic rings. The number of anilines is 1. The van der Waals surface area contributed by atoms with Gasteiger partial charge in [0.25, 0.3) is 5.91 Å². The largest absolute Gasteiger partial charge is 0.367 e. The van der Waals surface area contributed by atoms with Crippen molar-refractivity contribution in [2.45, 2.75) is 20.8 Å². The van der Waals surface area contributed by atoms with Gasteiger partial charge in [-0.25, -0.2) is 9.67 Å². The molecule has 9 nitrogen and oxygen atoms in total. The molecule has 0 aromatic carbocycles. The van der Waals surface area contributed by atoms with Crippen molar-refractivity contribution >= 4 is 17.4 Å². The van der Waals surface area contributed by atoms with Crippen LogP contribution in [0.15, 0.2) is 42.6 Å². The van der Waals surface area contributed by atoms with E-state index >= 15 is 0 Å². The number of hydrogen-bond donors (Lipinski definition) is 2. The van der Waals surface area contributed by atoms with Crippen molar-refractivity contribution in [2.24, 2.45) is 0 Å². The van der Waals surface area contributed by atoms with Crippen molar-refractivity contribution in [3.8, 4) is 5.82 Å². The standard InChI is InChI=1S/C20H22N8O/c1-13-12-14(2)28(26-13)18-8-7-16(24-25-18)21-9-10-22-20(29)19-15(3)23-17-6-4-5-11-27(17)19/h4-8,11-12H,9-10H2,1-3H3,(H,21,24)(H,22,29). The van der Waals surface area contributed by atoms with Crippen LogP contribution in [0.4, 0.5) is 5.82 Å². The predicted octanol–water partition coefficient (Wildman–Crippen LogP) is 2.08. The third-order valence-electron chi connectivity index (χ3n) is 4.51. The van der Waals surface area contributed by atoms with Gasteiger partial charge in [0.05, 0.1) is 11.4 Å². The highest BCUT2D eigenvalue weighted by atomic mass is 16.1. The molecule has 0 spiro atoms. The minimum Gasteiger partial charge on any atom is -0.367 e. The van der Waals surface area contributed by atoms with Crippen LogP contribution in [0, 0.1) is 20.8 Å². The number of amides is 1. The molecule has 4 rings (SSSR count). The first-order chi connectivity index (χ1) is 14.0. The van der Waals surface area contributed by atoms with Gasteiger partial charge in [0, 0.05) is 25.0 Å². The zero-order chi connectivity index (χ0) is 20.4. The van der Waals surface area contributed by atoms with Crippen LogP contribution in [0.5, 0.6) is 0 Å². The molecule has 0 saturated heterocycles. The normalized spacial score (nSPS) is 11.0. The second-order valence-electron chi connectivity index (χ2n) is 6.77. The lowest BCUT2D eigenvalue weighted by molar-refractivity contribution is 0.0948. The fraction of sp³-hybridized carbons (Fsp3) is 0.250. The van der Waals surface area contributed by atoms with Crippen molar-refractivity contribution < 1.29 is 4.79 Å². The number of rotatable bonds is 6. The van der Waals surface area contributed by atoms with Crippen molar-refractivity contribution in [3.63, 3.8) is 0 Å². The van der Waals surface area contributed by atoms with Gasteiger partial charge in [-0.3, -0.25) is 9.20 Å². The van der Waals surface area contributed by atoms with Crippen LogP contribution >= 0.6 is 0 Å². The molecule has 4 aromatic heterocycles. The quantitative estimate of drug-likeness (QED) is 0.489. The topological polar surface area (TPSA) is 102 Å². The molecule has 0 radical (unpaired) electrons. The summed E-state index contributed by atoms with van der Waals surface area (Å²) in [5.41, 5.74) is 3.94. The Balaban J connectivity index is 1.33. The maximum Gasteiger partial charge on any atom is 0.270 e. The first-order valence-corrected chi connectivity index (χ1v) is 9.36. The van der Waals surface area contributed by atoms with Crippen LogP contribution in [0.1, 0.15) is 27.6 Å². The highest BCUT2D eigenvalue weighted by Gasteiger charge is 2.15. The summed E-state index contributed by atoms with van der Waals surface area (Å²) in [6.07, 6.45) is 1.84. The van der Waals surface area contributed by atoms with Gasteiger partial charge >= 0.3 is 0 Å². The van der Waals surface area contributed by atoms with Gasteiger partial charge in [0.1, 0.15) is 17.2 Å². The predicted molar refractivity (Wildman–Crippen MR) is 109 cm³/mol. The van der Waals surface area contributed by atoms with Crippen LogP contribution in [-0.4, -0.2) is 48.4 Å². The minimum absolute atomic E-state index is 0.158. The summed E-state index contributed by atoms with van der Waals surface area (Å²) >= 11 is 0. The van der Waals surface area contributed by atoms with Gasteiger partial charge in [-0.1, -0.05) is 6.07 Å². The molecular weight excluding hydrogens is 368 g/mol. The van der Waals surface area contributed by atoms with Gasteiger partial charge in [-0.2, -0.15) is 5.10 Å². The Bertz CT molecular complexity index is 1160. The summed E-state index contributed by atoms with van der Waals surface area (Å²) in [6.45, 7) is 6.71. The SMILES string of the molecule is Cc1cc(C)n(-c2ccc(NCCNC(=O)c3c(C)nc4ccccn34)nn2)n1. The number of carbonyl (C=O) groups is 1. The molecule has 0 fully saturated rings. The molecule has 0 aliphatic heterocycles. The van der Waals surface area contributed by atoms with Gasteiger partial charge in [0.2, 0.25) is 0 Å². The zero-order valence-electron chi connectivity index (χ0n) is 16.5.